The predicted octanol–water partition coefficient (Wildman–Crippen LogP) is 4.39. The molecule has 2 atom stereocenters. The molecule has 6 rings (SSSR count). The number of carboxylic acid groups (broad SMARTS) is 1. The summed E-state index contributed by atoms with van der Waals surface area (Å²) in [4.78, 5) is 41.2. The van der Waals surface area contributed by atoms with Crippen molar-refractivity contribution in [2.45, 2.75) is 49.6 Å². The lowest BCUT2D eigenvalue weighted by atomic mass is 9.88. The highest BCUT2D eigenvalue weighted by molar-refractivity contribution is 7.90. The van der Waals surface area contributed by atoms with E-state index < -0.39 is 33.2 Å². The van der Waals surface area contributed by atoms with E-state index in [9.17, 15) is 27.9 Å². The fourth-order valence-electron chi connectivity index (χ4n) is 6.24. The van der Waals surface area contributed by atoms with Gasteiger partial charge in [0.1, 0.15) is 11.1 Å². The van der Waals surface area contributed by atoms with Crippen LogP contribution >= 0.6 is 0 Å². The third-order valence-electron chi connectivity index (χ3n) is 8.58. The summed E-state index contributed by atoms with van der Waals surface area (Å²) in [5.41, 5.74) is 4.04. The molecule has 4 aromatic rings. The number of hydrogen-bond acceptors (Lipinski definition) is 6. The van der Waals surface area contributed by atoms with Gasteiger partial charge in [-0.3, -0.25) is 9.59 Å². The maximum Gasteiger partial charge on any atom is 0.330 e. The Labute approximate surface area is 243 Å². The normalized spacial score (nSPS) is 19.8. The number of aliphatic carboxylic acids is 1. The van der Waals surface area contributed by atoms with Crippen LogP contribution in [-0.2, 0) is 27.6 Å². The Hall–Kier alpha value is -4.44. The predicted molar refractivity (Wildman–Crippen MR) is 155 cm³/mol. The van der Waals surface area contributed by atoms with Crippen LogP contribution < -0.4 is 5.32 Å². The van der Waals surface area contributed by atoms with Gasteiger partial charge in [0.2, 0.25) is 0 Å². The van der Waals surface area contributed by atoms with Gasteiger partial charge in [-0.25, -0.2) is 13.2 Å². The van der Waals surface area contributed by atoms with Gasteiger partial charge in [0, 0.05) is 41.8 Å². The number of fused-ring (bicyclic) bond motifs is 2. The average molecular weight is 587 g/mol. The number of nitrogens with zero attached hydrogens (tertiary/aromatic N) is 1. The highest BCUT2D eigenvalue weighted by atomic mass is 32.2. The number of nitrogens with one attached hydrogen (secondary N) is 1. The van der Waals surface area contributed by atoms with Crippen LogP contribution in [0.2, 0.25) is 0 Å². The van der Waals surface area contributed by atoms with Gasteiger partial charge in [0.25, 0.3) is 11.8 Å². The summed E-state index contributed by atoms with van der Waals surface area (Å²) >= 11 is 0. The summed E-state index contributed by atoms with van der Waals surface area (Å²) in [6.07, 6.45) is 3.40. The van der Waals surface area contributed by atoms with Gasteiger partial charge in [-0.15, -0.1) is 0 Å². The van der Waals surface area contributed by atoms with Crippen LogP contribution in [0, 0.1) is 13.8 Å². The lowest BCUT2D eigenvalue weighted by Gasteiger charge is -2.31. The van der Waals surface area contributed by atoms with E-state index in [1.54, 1.807) is 42.4 Å². The SMILES string of the molecule is Cc1cc2c(c(C)c1C(=O)NC1(C(=O)O)CC1c1cccc(S(C)(=O)=O)c1)CCN(C(=O)c1ccc3ccoc3c1)C2. The summed E-state index contributed by atoms with van der Waals surface area (Å²) in [6.45, 7) is 4.54. The Morgan fingerprint density at radius 2 is 1.86 bits per heavy atom. The average Bonchev–Trinajstić information content (AvgIpc) is 3.48. The molecule has 1 aliphatic heterocycles. The van der Waals surface area contributed by atoms with E-state index in [1.807, 2.05) is 25.1 Å². The summed E-state index contributed by atoms with van der Waals surface area (Å²) in [5, 5.41) is 13.8. The molecular formula is C32H30N2O7S. The monoisotopic (exact) mass is 586 g/mol. The number of carbonyl (C=O) groups is 3. The minimum Gasteiger partial charge on any atom is -0.479 e. The third kappa shape index (κ3) is 4.65. The lowest BCUT2D eigenvalue weighted by molar-refractivity contribution is -0.140. The fraction of sp³-hybridized carbons (Fsp3) is 0.281. The first kappa shape index (κ1) is 27.7. The summed E-state index contributed by atoms with van der Waals surface area (Å²) in [7, 11) is -3.47. The standard InChI is InChI=1S/C32H30N2O7S/c1-18-13-23-17-34(30(36)22-8-7-20-10-12-41-27(20)15-22)11-9-25(23)19(2)28(18)29(35)33-32(31(37)38)16-26(32)21-5-4-6-24(14-21)42(3,39)40/h4-8,10,12-15,26H,9,11,16-17H2,1-3H3,(H,33,35)(H,37,38). The number of benzene rings is 3. The van der Waals surface area contributed by atoms with Crippen molar-refractivity contribution in [3.05, 3.63) is 99.8 Å². The zero-order chi connectivity index (χ0) is 30.0. The van der Waals surface area contributed by atoms with Crippen LogP contribution in [0.4, 0.5) is 0 Å². The van der Waals surface area contributed by atoms with Crippen molar-refractivity contribution in [1.29, 1.82) is 0 Å². The number of aryl methyl sites for hydroxylation is 1. The van der Waals surface area contributed by atoms with Crippen molar-refractivity contribution in [2.24, 2.45) is 0 Å². The van der Waals surface area contributed by atoms with E-state index in [2.05, 4.69) is 5.32 Å². The quantitative estimate of drug-likeness (QED) is 0.342. The molecule has 2 N–H and O–H groups in total. The number of amides is 2. The molecule has 0 bridgehead atoms. The molecule has 1 aliphatic carbocycles. The summed E-state index contributed by atoms with van der Waals surface area (Å²) in [5.74, 6) is -2.30. The molecule has 0 radical (unpaired) electrons. The molecular weight excluding hydrogens is 556 g/mol. The molecule has 0 spiro atoms. The molecule has 216 valence electrons. The first-order valence-electron chi connectivity index (χ1n) is 13.6. The van der Waals surface area contributed by atoms with Crippen LogP contribution in [0.15, 0.2) is 70.2 Å². The van der Waals surface area contributed by atoms with Crippen molar-refractivity contribution in [3.63, 3.8) is 0 Å². The molecule has 2 amide bonds. The zero-order valence-corrected chi connectivity index (χ0v) is 24.2. The molecule has 2 heterocycles. The van der Waals surface area contributed by atoms with E-state index in [1.165, 1.54) is 12.1 Å². The van der Waals surface area contributed by atoms with E-state index in [0.717, 1.165) is 28.3 Å². The number of carbonyl (C=O) groups excluding carboxylic acids is 2. The second-order valence-electron chi connectivity index (χ2n) is 11.3. The molecule has 0 saturated heterocycles. The van der Waals surface area contributed by atoms with Crippen molar-refractivity contribution in [1.82, 2.24) is 10.2 Å². The number of furan rings is 1. The Balaban J connectivity index is 1.24. The number of sulfone groups is 1. The largest absolute Gasteiger partial charge is 0.479 e. The molecule has 2 unspecified atom stereocenters. The smallest absolute Gasteiger partial charge is 0.330 e. The zero-order valence-electron chi connectivity index (χ0n) is 23.4. The van der Waals surface area contributed by atoms with Crippen molar-refractivity contribution in [2.75, 3.05) is 12.8 Å². The maximum atomic E-state index is 13.6. The molecule has 3 aromatic carbocycles. The minimum absolute atomic E-state index is 0.0980. The Kier molecular flexibility index (Phi) is 6.49. The van der Waals surface area contributed by atoms with Crippen LogP contribution in [0.1, 0.15) is 60.9 Å². The first-order chi connectivity index (χ1) is 19.9. The van der Waals surface area contributed by atoms with Crippen molar-refractivity contribution in [3.8, 4) is 0 Å². The van der Waals surface area contributed by atoms with E-state index in [-0.39, 0.29) is 17.2 Å². The van der Waals surface area contributed by atoms with E-state index in [0.29, 0.717) is 47.3 Å². The molecule has 10 heteroatoms. The highest BCUT2D eigenvalue weighted by Gasteiger charge is 2.62. The number of rotatable bonds is 6. The number of carboxylic acids is 1. The van der Waals surface area contributed by atoms with Crippen molar-refractivity contribution < 1.29 is 32.3 Å². The second-order valence-corrected chi connectivity index (χ2v) is 13.3. The van der Waals surface area contributed by atoms with Crippen LogP contribution in [0.3, 0.4) is 0 Å². The highest BCUT2D eigenvalue weighted by Crippen LogP contribution is 2.52. The maximum absolute atomic E-state index is 13.6. The Morgan fingerprint density at radius 3 is 2.60 bits per heavy atom. The molecule has 42 heavy (non-hydrogen) atoms. The number of hydrogen-bond donors (Lipinski definition) is 2. The first-order valence-corrected chi connectivity index (χ1v) is 15.5. The van der Waals surface area contributed by atoms with Crippen LogP contribution in [0.25, 0.3) is 11.0 Å². The van der Waals surface area contributed by atoms with Crippen LogP contribution in [-0.4, -0.2) is 54.5 Å². The minimum atomic E-state index is -3.47. The second kappa shape index (κ2) is 9.84. The lowest BCUT2D eigenvalue weighted by Crippen LogP contribution is -2.45. The van der Waals surface area contributed by atoms with E-state index in [4.69, 9.17) is 4.42 Å². The van der Waals surface area contributed by atoms with Gasteiger partial charge in [0.15, 0.2) is 9.84 Å². The molecule has 1 aromatic heterocycles. The Morgan fingerprint density at radius 1 is 1.07 bits per heavy atom. The van der Waals surface area contributed by atoms with Gasteiger partial charge < -0.3 is 19.7 Å². The van der Waals surface area contributed by atoms with Crippen LogP contribution in [0.5, 0.6) is 0 Å². The van der Waals surface area contributed by atoms with Gasteiger partial charge in [0.05, 0.1) is 11.2 Å². The molecule has 1 saturated carbocycles. The molecule has 1 fully saturated rings. The summed E-state index contributed by atoms with van der Waals surface area (Å²) in [6, 6.07) is 15.4. The Bertz CT molecular complexity index is 1910. The van der Waals surface area contributed by atoms with E-state index >= 15 is 0 Å². The fourth-order valence-corrected chi connectivity index (χ4v) is 6.92. The summed E-state index contributed by atoms with van der Waals surface area (Å²) < 4.78 is 29.5. The van der Waals surface area contributed by atoms with Gasteiger partial charge >= 0.3 is 5.97 Å². The van der Waals surface area contributed by atoms with Gasteiger partial charge in [-0.05, 0) is 84.8 Å². The van der Waals surface area contributed by atoms with Gasteiger partial charge in [-0.1, -0.05) is 24.3 Å². The van der Waals surface area contributed by atoms with Crippen molar-refractivity contribution >= 4 is 38.6 Å². The topological polar surface area (TPSA) is 134 Å². The molecule has 9 nitrogen and oxygen atoms in total. The van der Waals surface area contributed by atoms with Gasteiger partial charge in [-0.2, -0.15) is 0 Å². The molecule has 2 aliphatic rings. The third-order valence-corrected chi connectivity index (χ3v) is 9.69.